The van der Waals surface area contributed by atoms with Crippen molar-refractivity contribution in [2.24, 2.45) is 11.7 Å². The zero-order valence-corrected chi connectivity index (χ0v) is 13.0. The molecule has 1 unspecified atom stereocenters. The molecule has 1 aliphatic carbocycles. The molecule has 1 atom stereocenters. The smallest absolute Gasteiger partial charge is 0.0474 e. The number of benzene rings is 1. The Hall–Kier alpha value is -0.730. The molecular weight excluding hydrogens is 256 g/mol. The minimum Gasteiger partial charge on any atom is -0.368 e. The van der Waals surface area contributed by atoms with Gasteiger partial charge in [-0.2, -0.15) is 0 Å². The van der Waals surface area contributed by atoms with Crippen LogP contribution in [-0.2, 0) is 0 Å². The molecule has 2 N–H and O–H groups in total. The fraction of sp³-hybridized carbons (Fsp3) is 0.625. The Kier molecular flexibility index (Phi) is 4.75. The summed E-state index contributed by atoms with van der Waals surface area (Å²) in [6, 6.07) is 7.04. The number of anilines is 1. The minimum absolute atomic E-state index is 0.00779. The number of nitrogens with zero attached hydrogens (tertiary/aromatic N) is 1. The van der Waals surface area contributed by atoms with Gasteiger partial charge >= 0.3 is 0 Å². The maximum atomic E-state index is 6.35. The van der Waals surface area contributed by atoms with E-state index in [9.17, 15) is 0 Å². The summed E-state index contributed by atoms with van der Waals surface area (Å²) >= 11 is 6.35. The van der Waals surface area contributed by atoms with Gasteiger partial charge < -0.3 is 10.6 Å². The predicted octanol–water partition coefficient (Wildman–Crippen LogP) is 4.37. The highest BCUT2D eigenvalue weighted by Crippen LogP contribution is 2.35. The first-order valence-electron chi connectivity index (χ1n) is 7.30. The maximum Gasteiger partial charge on any atom is 0.0474 e. The van der Waals surface area contributed by atoms with E-state index >= 15 is 0 Å². The fourth-order valence-electron chi connectivity index (χ4n) is 2.37. The first kappa shape index (κ1) is 14.7. The van der Waals surface area contributed by atoms with E-state index in [-0.39, 0.29) is 6.04 Å². The molecule has 1 aliphatic rings. The van der Waals surface area contributed by atoms with Crippen LogP contribution in [-0.4, -0.2) is 12.6 Å². The summed E-state index contributed by atoms with van der Waals surface area (Å²) in [5.74, 6) is 0.736. The lowest BCUT2D eigenvalue weighted by atomic mass is 10.1. The molecule has 106 valence electrons. The molecule has 2 nitrogen and oxygen atoms in total. The Morgan fingerprint density at radius 3 is 2.47 bits per heavy atom. The van der Waals surface area contributed by atoms with E-state index in [2.05, 4.69) is 36.9 Å². The van der Waals surface area contributed by atoms with E-state index < -0.39 is 0 Å². The van der Waals surface area contributed by atoms with Crippen molar-refractivity contribution in [2.45, 2.75) is 52.1 Å². The minimum atomic E-state index is -0.00779. The third kappa shape index (κ3) is 3.87. The monoisotopic (exact) mass is 280 g/mol. The van der Waals surface area contributed by atoms with E-state index in [0.717, 1.165) is 29.1 Å². The predicted molar refractivity (Wildman–Crippen MR) is 83.9 cm³/mol. The molecule has 0 amide bonds. The molecule has 0 aromatic heterocycles. The van der Waals surface area contributed by atoms with Gasteiger partial charge in [0.15, 0.2) is 0 Å². The van der Waals surface area contributed by atoms with Crippen molar-refractivity contribution in [1.29, 1.82) is 0 Å². The second kappa shape index (κ2) is 6.15. The lowest BCUT2D eigenvalue weighted by Gasteiger charge is -2.26. The van der Waals surface area contributed by atoms with Gasteiger partial charge in [0.05, 0.1) is 0 Å². The van der Waals surface area contributed by atoms with Crippen molar-refractivity contribution in [3.8, 4) is 0 Å². The molecule has 0 spiro atoms. The van der Waals surface area contributed by atoms with Crippen LogP contribution in [0.2, 0.25) is 5.02 Å². The van der Waals surface area contributed by atoms with Gasteiger partial charge in [-0.15, -0.1) is 0 Å². The SMILES string of the molecule is CC(C)CCN(c1ccc(C(C)N)c(Cl)c1)C1CC1. The van der Waals surface area contributed by atoms with Crippen LogP contribution in [0.15, 0.2) is 18.2 Å². The Bertz CT molecular complexity index is 425. The molecule has 19 heavy (non-hydrogen) atoms. The molecule has 0 aliphatic heterocycles. The van der Waals surface area contributed by atoms with Gasteiger partial charge in [0.1, 0.15) is 0 Å². The summed E-state index contributed by atoms with van der Waals surface area (Å²) in [6.07, 6.45) is 3.85. The first-order chi connectivity index (χ1) is 8.99. The van der Waals surface area contributed by atoms with Crippen molar-refractivity contribution in [3.63, 3.8) is 0 Å². The zero-order valence-electron chi connectivity index (χ0n) is 12.2. The van der Waals surface area contributed by atoms with Gasteiger partial charge in [0.2, 0.25) is 0 Å². The lowest BCUT2D eigenvalue weighted by Crippen LogP contribution is -2.27. The van der Waals surface area contributed by atoms with Crippen molar-refractivity contribution < 1.29 is 0 Å². The van der Waals surface area contributed by atoms with Crippen LogP contribution in [0.1, 0.15) is 51.6 Å². The van der Waals surface area contributed by atoms with Crippen LogP contribution < -0.4 is 10.6 Å². The lowest BCUT2D eigenvalue weighted by molar-refractivity contribution is 0.571. The summed E-state index contributed by atoms with van der Waals surface area (Å²) in [6.45, 7) is 7.64. The molecule has 1 saturated carbocycles. The molecule has 1 fully saturated rings. The molecule has 0 radical (unpaired) electrons. The summed E-state index contributed by atoms with van der Waals surface area (Å²) in [4.78, 5) is 2.51. The Labute approximate surface area is 121 Å². The van der Waals surface area contributed by atoms with Gasteiger partial charge in [-0.05, 0) is 49.8 Å². The third-order valence-electron chi connectivity index (χ3n) is 3.74. The average molecular weight is 281 g/mol. The number of hydrogen-bond acceptors (Lipinski definition) is 2. The van der Waals surface area contributed by atoms with Crippen molar-refractivity contribution in [3.05, 3.63) is 28.8 Å². The average Bonchev–Trinajstić information content (AvgIpc) is 3.13. The maximum absolute atomic E-state index is 6.35. The number of hydrogen-bond donors (Lipinski definition) is 1. The number of nitrogens with two attached hydrogens (primary N) is 1. The van der Waals surface area contributed by atoms with Gasteiger partial charge in [-0.25, -0.2) is 0 Å². The number of halogens is 1. The molecule has 2 rings (SSSR count). The van der Waals surface area contributed by atoms with Crippen molar-refractivity contribution in [1.82, 2.24) is 0 Å². The number of rotatable bonds is 6. The van der Waals surface area contributed by atoms with E-state index in [0.29, 0.717) is 0 Å². The standard InChI is InChI=1S/C16H25ClN2/c1-11(2)8-9-19(13-4-5-13)14-6-7-15(12(3)18)16(17)10-14/h6-7,10-13H,4-5,8-9,18H2,1-3H3. The van der Waals surface area contributed by atoms with Gasteiger partial charge in [-0.3, -0.25) is 0 Å². The summed E-state index contributed by atoms with van der Waals surface area (Å²) in [7, 11) is 0. The Morgan fingerprint density at radius 1 is 1.32 bits per heavy atom. The zero-order chi connectivity index (χ0) is 14.0. The quantitative estimate of drug-likeness (QED) is 0.838. The van der Waals surface area contributed by atoms with Crippen LogP contribution in [0.3, 0.4) is 0 Å². The molecule has 0 heterocycles. The summed E-state index contributed by atoms with van der Waals surface area (Å²) < 4.78 is 0. The molecule has 0 bridgehead atoms. The largest absolute Gasteiger partial charge is 0.368 e. The topological polar surface area (TPSA) is 29.3 Å². The second-order valence-corrected chi connectivity index (χ2v) is 6.51. The van der Waals surface area contributed by atoms with E-state index in [4.69, 9.17) is 17.3 Å². The van der Waals surface area contributed by atoms with Crippen LogP contribution in [0, 0.1) is 5.92 Å². The van der Waals surface area contributed by atoms with Crippen LogP contribution in [0.4, 0.5) is 5.69 Å². The molecule has 0 saturated heterocycles. The van der Waals surface area contributed by atoms with E-state index in [1.165, 1.54) is 24.9 Å². The highest BCUT2D eigenvalue weighted by Gasteiger charge is 2.29. The van der Waals surface area contributed by atoms with Gasteiger partial charge in [0, 0.05) is 29.3 Å². The highest BCUT2D eigenvalue weighted by molar-refractivity contribution is 6.31. The molecule has 1 aromatic carbocycles. The summed E-state index contributed by atoms with van der Waals surface area (Å²) in [5.41, 5.74) is 8.19. The van der Waals surface area contributed by atoms with Crippen LogP contribution in [0.5, 0.6) is 0 Å². The highest BCUT2D eigenvalue weighted by atomic mass is 35.5. The van der Waals surface area contributed by atoms with Crippen LogP contribution in [0.25, 0.3) is 0 Å². The Balaban J connectivity index is 2.15. The van der Waals surface area contributed by atoms with Crippen molar-refractivity contribution >= 4 is 17.3 Å². The van der Waals surface area contributed by atoms with E-state index in [1.807, 2.05) is 6.92 Å². The first-order valence-corrected chi connectivity index (χ1v) is 7.68. The van der Waals surface area contributed by atoms with Gasteiger partial charge in [0.25, 0.3) is 0 Å². The van der Waals surface area contributed by atoms with Gasteiger partial charge in [-0.1, -0.05) is 31.5 Å². The fourth-order valence-corrected chi connectivity index (χ4v) is 2.72. The summed E-state index contributed by atoms with van der Waals surface area (Å²) in [5, 5.41) is 0.794. The molecule has 1 aromatic rings. The van der Waals surface area contributed by atoms with Crippen molar-refractivity contribution in [2.75, 3.05) is 11.4 Å². The second-order valence-electron chi connectivity index (χ2n) is 6.10. The van der Waals surface area contributed by atoms with Crippen LogP contribution >= 0.6 is 11.6 Å². The molecular formula is C16H25ClN2. The third-order valence-corrected chi connectivity index (χ3v) is 4.07. The Morgan fingerprint density at radius 2 is 2.00 bits per heavy atom. The molecule has 3 heteroatoms. The van der Waals surface area contributed by atoms with E-state index in [1.54, 1.807) is 0 Å². The normalized spacial score (nSPS) is 16.7.